The molecule has 1 aromatic heterocycles. The minimum Gasteiger partial charge on any atom is -0.273 e. The van der Waals surface area contributed by atoms with E-state index in [-0.39, 0.29) is 12.0 Å². The molecule has 4 rings (SSSR count). The minimum atomic E-state index is -0.808. The summed E-state index contributed by atoms with van der Waals surface area (Å²) in [6.07, 6.45) is -0.360. The van der Waals surface area contributed by atoms with Crippen LogP contribution in [-0.4, -0.2) is 15.8 Å². The smallest absolute Gasteiger partial charge is 0.273 e. The van der Waals surface area contributed by atoms with Crippen LogP contribution in [0.1, 0.15) is 5.56 Å². The molecule has 0 aliphatic carbocycles. The van der Waals surface area contributed by atoms with Crippen LogP contribution in [0.2, 0.25) is 0 Å². The van der Waals surface area contributed by atoms with Crippen molar-refractivity contribution in [3.05, 3.63) is 100 Å². The Kier molecular flexibility index (Phi) is 5.05. The van der Waals surface area contributed by atoms with Crippen molar-refractivity contribution in [2.75, 3.05) is 5.43 Å². The van der Waals surface area contributed by atoms with E-state index < -0.39 is 28.9 Å². The molecular formula is C22H14F3N3O2. The first-order valence-electron chi connectivity index (χ1n) is 8.93. The van der Waals surface area contributed by atoms with Crippen molar-refractivity contribution in [2.45, 2.75) is 6.42 Å². The molecule has 4 aromatic rings. The van der Waals surface area contributed by atoms with Gasteiger partial charge in [-0.2, -0.15) is 0 Å². The van der Waals surface area contributed by atoms with Gasteiger partial charge in [0.1, 0.15) is 23.1 Å². The fraction of sp³-hybridized carbons (Fsp3) is 0.0455. The van der Waals surface area contributed by atoms with Gasteiger partial charge in [-0.3, -0.25) is 9.59 Å². The lowest BCUT2D eigenvalue weighted by molar-refractivity contribution is -0.116. The maximum atomic E-state index is 13.3. The van der Waals surface area contributed by atoms with Crippen LogP contribution in [-0.2, 0) is 11.2 Å². The summed E-state index contributed by atoms with van der Waals surface area (Å²) in [7, 11) is 0. The molecule has 3 aromatic carbocycles. The van der Waals surface area contributed by atoms with Crippen LogP contribution in [0.15, 0.2) is 71.5 Å². The van der Waals surface area contributed by atoms with E-state index in [0.29, 0.717) is 28.1 Å². The van der Waals surface area contributed by atoms with Crippen molar-refractivity contribution in [3.63, 3.8) is 0 Å². The fourth-order valence-electron chi connectivity index (χ4n) is 3.14. The predicted molar refractivity (Wildman–Crippen MR) is 106 cm³/mol. The molecule has 0 atom stereocenters. The number of carbonyl (C=O) groups excluding carboxylic acids is 1. The Balaban J connectivity index is 1.73. The zero-order chi connectivity index (χ0) is 21.3. The molecular weight excluding hydrogens is 395 g/mol. The summed E-state index contributed by atoms with van der Waals surface area (Å²) in [4.78, 5) is 25.9. The lowest BCUT2D eigenvalue weighted by Crippen LogP contribution is -2.36. The molecule has 30 heavy (non-hydrogen) atoms. The van der Waals surface area contributed by atoms with Gasteiger partial charge in [0.05, 0.1) is 11.8 Å². The topological polar surface area (TPSA) is 64.0 Å². The highest BCUT2D eigenvalue weighted by Crippen LogP contribution is 2.24. The Hall–Kier alpha value is -3.94. The normalized spacial score (nSPS) is 10.9. The Labute approximate surface area is 168 Å². The number of hydrogen-bond donors (Lipinski definition) is 1. The van der Waals surface area contributed by atoms with Crippen LogP contribution in [0.4, 0.5) is 13.2 Å². The zero-order valence-corrected chi connectivity index (χ0v) is 15.4. The first kappa shape index (κ1) is 19.4. The summed E-state index contributed by atoms with van der Waals surface area (Å²) in [6.45, 7) is 0. The van der Waals surface area contributed by atoms with E-state index in [2.05, 4.69) is 10.5 Å². The quantitative estimate of drug-likeness (QED) is 0.558. The van der Waals surface area contributed by atoms with Gasteiger partial charge in [0, 0.05) is 17.0 Å². The maximum absolute atomic E-state index is 13.3. The second-order valence-electron chi connectivity index (χ2n) is 6.61. The molecule has 0 saturated carbocycles. The standard InChI is InChI=1S/C22H14F3N3O2/c23-15-7-5-14(6-8-15)21-18-3-1-2-4-19(18)22(30)28(27-21)26-20(29)11-13-9-16(24)12-17(25)10-13/h1-10,12H,11H2,(H,26,29). The molecule has 0 unspecified atom stereocenters. The third-order valence-corrected chi connectivity index (χ3v) is 4.44. The molecule has 8 heteroatoms. The summed E-state index contributed by atoms with van der Waals surface area (Å²) in [6, 6.07) is 15.0. The van der Waals surface area contributed by atoms with Crippen molar-refractivity contribution in [3.8, 4) is 11.3 Å². The third kappa shape index (κ3) is 3.93. The first-order chi connectivity index (χ1) is 14.4. The summed E-state index contributed by atoms with van der Waals surface area (Å²) in [5, 5.41) is 5.05. The van der Waals surface area contributed by atoms with Crippen LogP contribution in [0.3, 0.4) is 0 Å². The summed E-state index contributed by atoms with van der Waals surface area (Å²) < 4.78 is 40.0. The van der Waals surface area contributed by atoms with E-state index in [1.54, 1.807) is 24.3 Å². The van der Waals surface area contributed by atoms with E-state index >= 15 is 0 Å². The van der Waals surface area contributed by atoms with Crippen molar-refractivity contribution < 1.29 is 18.0 Å². The van der Waals surface area contributed by atoms with Crippen molar-refractivity contribution in [2.24, 2.45) is 0 Å². The number of carbonyl (C=O) groups is 1. The fourth-order valence-corrected chi connectivity index (χ4v) is 3.14. The van der Waals surface area contributed by atoms with Gasteiger partial charge in [0.25, 0.3) is 5.56 Å². The van der Waals surface area contributed by atoms with Crippen molar-refractivity contribution in [1.29, 1.82) is 0 Å². The van der Waals surface area contributed by atoms with Crippen LogP contribution in [0.5, 0.6) is 0 Å². The number of hydrogen-bond acceptors (Lipinski definition) is 3. The predicted octanol–water partition coefficient (Wildman–Crippen LogP) is 3.79. The van der Waals surface area contributed by atoms with E-state index in [4.69, 9.17) is 0 Å². The van der Waals surface area contributed by atoms with Gasteiger partial charge < -0.3 is 0 Å². The number of amides is 1. The molecule has 0 saturated heterocycles. The number of benzene rings is 3. The molecule has 1 amide bonds. The number of aromatic nitrogens is 2. The summed E-state index contributed by atoms with van der Waals surface area (Å²) >= 11 is 0. The average molecular weight is 409 g/mol. The maximum Gasteiger partial charge on any atom is 0.294 e. The first-order valence-corrected chi connectivity index (χ1v) is 8.93. The highest BCUT2D eigenvalue weighted by molar-refractivity contribution is 5.94. The monoisotopic (exact) mass is 409 g/mol. The van der Waals surface area contributed by atoms with Crippen LogP contribution in [0.25, 0.3) is 22.0 Å². The molecule has 0 aliphatic rings. The summed E-state index contributed by atoms with van der Waals surface area (Å²) in [5.41, 5.74) is 2.79. The lowest BCUT2D eigenvalue weighted by atomic mass is 10.1. The molecule has 0 aliphatic heterocycles. The van der Waals surface area contributed by atoms with E-state index in [0.717, 1.165) is 16.9 Å². The Morgan fingerprint density at radius 2 is 1.50 bits per heavy atom. The van der Waals surface area contributed by atoms with Gasteiger partial charge in [-0.15, -0.1) is 9.89 Å². The zero-order valence-electron chi connectivity index (χ0n) is 15.4. The van der Waals surface area contributed by atoms with Crippen LogP contribution >= 0.6 is 0 Å². The minimum absolute atomic E-state index is 0.109. The van der Waals surface area contributed by atoms with Crippen molar-refractivity contribution in [1.82, 2.24) is 9.89 Å². The average Bonchev–Trinajstić information content (AvgIpc) is 2.70. The van der Waals surface area contributed by atoms with Gasteiger partial charge in [-0.05, 0) is 48.0 Å². The molecule has 0 spiro atoms. The van der Waals surface area contributed by atoms with E-state index in [1.165, 1.54) is 24.3 Å². The van der Waals surface area contributed by atoms with Gasteiger partial charge in [0.2, 0.25) is 5.91 Å². The number of nitrogens with zero attached hydrogens (tertiary/aromatic N) is 2. The Morgan fingerprint density at radius 1 is 0.867 bits per heavy atom. The van der Waals surface area contributed by atoms with Gasteiger partial charge in [-0.25, -0.2) is 18.6 Å². The third-order valence-electron chi connectivity index (χ3n) is 4.44. The molecule has 1 N–H and O–H groups in total. The SMILES string of the molecule is O=C(Cc1cc(F)cc(F)c1)Nn1nc(-c2ccc(F)cc2)c2ccccc2c1=O. The number of nitrogens with one attached hydrogen (secondary N) is 1. The Bertz CT molecular complexity index is 1300. The molecule has 0 bridgehead atoms. The number of rotatable bonds is 4. The molecule has 1 heterocycles. The largest absolute Gasteiger partial charge is 0.294 e. The summed E-state index contributed by atoms with van der Waals surface area (Å²) in [5.74, 6) is -2.73. The Morgan fingerprint density at radius 3 is 2.17 bits per heavy atom. The van der Waals surface area contributed by atoms with Gasteiger partial charge in [0.15, 0.2) is 0 Å². The second kappa shape index (κ2) is 7.82. The molecule has 0 radical (unpaired) electrons. The second-order valence-corrected chi connectivity index (χ2v) is 6.61. The van der Waals surface area contributed by atoms with Crippen LogP contribution in [0, 0.1) is 17.5 Å². The number of fused-ring (bicyclic) bond motifs is 1. The highest BCUT2D eigenvalue weighted by Gasteiger charge is 2.14. The van der Waals surface area contributed by atoms with Gasteiger partial charge >= 0.3 is 0 Å². The molecule has 0 fully saturated rings. The lowest BCUT2D eigenvalue weighted by Gasteiger charge is -2.12. The van der Waals surface area contributed by atoms with E-state index in [1.807, 2.05) is 0 Å². The van der Waals surface area contributed by atoms with Crippen LogP contribution < -0.4 is 11.0 Å². The van der Waals surface area contributed by atoms with E-state index in [9.17, 15) is 22.8 Å². The highest BCUT2D eigenvalue weighted by atomic mass is 19.1. The molecule has 5 nitrogen and oxygen atoms in total. The van der Waals surface area contributed by atoms with Crippen molar-refractivity contribution >= 4 is 16.7 Å². The molecule has 150 valence electrons. The number of halogens is 3. The van der Waals surface area contributed by atoms with Gasteiger partial charge in [-0.1, -0.05) is 18.2 Å².